The molecular formula is C22H22O4. The number of phenols is 1. The number of fused-ring (bicyclic) bond motifs is 3. The van der Waals surface area contributed by atoms with Gasteiger partial charge in [-0.1, -0.05) is 43.3 Å². The molecule has 0 heterocycles. The van der Waals surface area contributed by atoms with Crippen molar-refractivity contribution in [3.8, 4) is 5.75 Å². The molecule has 0 saturated heterocycles. The van der Waals surface area contributed by atoms with E-state index in [0.717, 1.165) is 5.56 Å². The van der Waals surface area contributed by atoms with E-state index in [1.807, 2.05) is 25.1 Å². The zero-order valence-corrected chi connectivity index (χ0v) is 14.7. The highest BCUT2D eigenvalue weighted by Crippen LogP contribution is 2.55. The van der Waals surface area contributed by atoms with Crippen molar-refractivity contribution in [1.29, 1.82) is 0 Å². The lowest BCUT2D eigenvalue weighted by atomic mass is 9.52. The predicted molar refractivity (Wildman–Crippen MR) is 97.1 cm³/mol. The number of hydrogen-bond acceptors (Lipinski definition) is 4. The molecule has 2 N–H and O–H groups in total. The summed E-state index contributed by atoms with van der Waals surface area (Å²) >= 11 is 0. The molecule has 0 radical (unpaired) electrons. The van der Waals surface area contributed by atoms with E-state index in [0.29, 0.717) is 17.5 Å². The van der Waals surface area contributed by atoms with Crippen molar-refractivity contribution < 1.29 is 19.8 Å². The third kappa shape index (κ3) is 2.25. The summed E-state index contributed by atoms with van der Waals surface area (Å²) in [6.45, 7) is 2.03. The van der Waals surface area contributed by atoms with Crippen LogP contribution >= 0.6 is 0 Å². The lowest BCUT2D eigenvalue weighted by Gasteiger charge is -2.51. The zero-order valence-electron chi connectivity index (χ0n) is 14.7. The third-order valence-corrected chi connectivity index (χ3v) is 6.41. The molecular weight excluding hydrogens is 328 g/mol. The fourth-order valence-corrected chi connectivity index (χ4v) is 4.95. The Morgan fingerprint density at radius 3 is 2.54 bits per heavy atom. The van der Waals surface area contributed by atoms with E-state index in [2.05, 4.69) is 0 Å². The van der Waals surface area contributed by atoms with Gasteiger partial charge in [0.25, 0.3) is 0 Å². The number of phenolic OH excluding ortho intramolecular Hbond substituents is 1. The van der Waals surface area contributed by atoms with Crippen LogP contribution in [-0.4, -0.2) is 21.8 Å². The van der Waals surface area contributed by atoms with Gasteiger partial charge in [0, 0.05) is 23.8 Å². The molecule has 4 heteroatoms. The van der Waals surface area contributed by atoms with E-state index in [4.69, 9.17) is 0 Å². The van der Waals surface area contributed by atoms with Crippen molar-refractivity contribution in [1.82, 2.24) is 0 Å². The van der Waals surface area contributed by atoms with Gasteiger partial charge in [0.2, 0.25) is 0 Å². The maximum absolute atomic E-state index is 13.1. The number of carbonyl (C=O) groups is 2. The van der Waals surface area contributed by atoms with Gasteiger partial charge in [-0.2, -0.15) is 0 Å². The first kappa shape index (κ1) is 17.0. The Morgan fingerprint density at radius 2 is 1.85 bits per heavy atom. The molecule has 1 fully saturated rings. The molecule has 2 aliphatic rings. The first-order valence-electron chi connectivity index (χ1n) is 9.08. The van der Waals surface area contributed by atoms with Crippen LogP contribution in [0.15, 0.2) is 48.5 Å². The molecule has 26 heavy (non-hydrogen) atoms. The van der Waals surface area contributed by atoms with Crippen LogP contribution in [0.3, 0.4) is 0 Å². The maximum atomic E-state index is 13.1. The normalized spacial score (nSPS) is 30.6. The van der Waals surface area contributed by atoms with Crippen LogP contribution in [0.5, 0.6) is 5.75 Å². The molecule has 2 aromatic carbocycles. The molecule has 1 saturated carbocycles. The Bertz CT molecular complexity index is 888. The van der Waals surface area contributed by atoms with Gasteiger partial charge in [0.1, 0.15) is 11.4 Å². The Morgan fingerprint density at radius 1 is 1.12 bits per heavy atom. The average Bonchev–Trinajstić information content (AvgIpc) is 2.64. The summed E-state index contributed by atoms with van der Waals surface area (Å²) in [5.41, 5.74) is -0.0591. The SMILES string of the molecule is CCC12CC(=O)C(O)(c3ccccc3)CC1CC(=O)c1cc(O)ccc12. The number of hydrogen-bond donors (Lipinski definition) is 2. The fourth-order valence-electron chi connectivity index (χ4n) is 4.95. The van der Waals surface area contributed by atoms with E-state index in [9.17, 15) is 19.8 Å². The number of aromatic hydroxyl groups is 1. The number of ketones is 2. The lowest BCUT2D eigenvalue weighted by molar-refractivity contribution is -0.150. The summed E-state index contributed by atoms with van der Waals surface area (Å²) in [7, 11) is 0. The van der Waals surface area contributed by atoms with Crippen LogP contribution in [0.1, 0.15) is 54.1 Å². The number of rotatable bonds is 2. The van der Waals surface area contributed by atoms with Crippen LogP contribution in [0, 0.1) is 5.92 Å². The second kappa shape index (κ2) is 5.78. The highest BCUT2D eigenvalue weighted by molar-refractivity contribution is 6.01. The largest absolute Gasteiger partial charge is 0.508 e. The first-order valence-corrected chi connectivity index (χ1v) is 9.08. The lowest BCUT2D eigenvalue weighted by Crippen LogP contribution is -2.54. The van der Waals surface area contributed by atoms with Crippen molar-refractivity contribution in [3.63, 3.8) is 0 Å². The number of aliphatic hydroxyl groups is 1. The zero-order chi connectivity index (χ0) is 18.5. The minimum absolute atomic E-state index is 0.0327. The number of Topliss-reactive ketones (excluding diaryl/α,β-unsaturated/α-hetero) is 2. The third-order valence-electron chi connectivity index (χ3n) is 6.41. The molecule has 134 valence electrons. The molecule has 0 spiro atoms. The molecule has 0 bridgehead atoms. The van der Waals surface area contributed by atoms with Crippen molar-refractivity contribution >= 4 is 11.6 Å². The molecule has 0 aromatic heterocycles. The van der Waals surface area contributed by atoms with Crippen LogP contribution < -0.4 is 0 Å². The average molecular weight is 350 g/mol. The van der Waals surface area contributed by atoms with E-state index < -0.39 is 11.0 Å². The topological polar surface area (TPSA) is 74.6 Å². The Hall–Kier alpha value is -2.46. The van der Waals surface area contributed by atoms with Crippen LogP contribution in [0.4, 0.5) is 0 Å². The minimum Gasteiger partial charge on any atom is -0.508 e. The Labute approximate surface area is 152 Å². The van der Waals surface area contributed by atoms with E-state index in [1.165, 1.54) is 6.07 Å². The highest BCUT2D eigenvalue weighted by Gasteiger charge is 2.56. The van der Waals surface area contributed by atoms with E-state index in [-0.39, 0.29) is 42.5 Å². The van der Waals surface area contributed by atoms with E-state index in [1.54, 1.807) is 24.3 Å². The summed E-state index contributed by atoms with van der Waals surface area (Å²) in [5.74, 6) is -0.283. The Kier molecular flexibility index (Phi) is 3.77. The fraction of sp³-hybridized carbons (Fsp3) is 0.364. The second-order valence-corrected chi connectivity index (χ2v) is 7.59. The summed E-state index contributed by atoms with van der Waals surface area (Å²) < 4.78 is 0. The van der Waals surface area contributed by atoms with Crippen LogP contribution in [0.25, 0.3) is 0 Å². The molecule has 2 aromatic rings. The predicted octanol–water partition coefficient (Wildman–Crippen LogP) is 3.49. The van der Waals surface area contributed by atoms with Gasteiger partial charge in [0.05, 0.1) is 0 Å². The van der Waals surface area contributed by atoms with Crippen molar-refractivity contribution in [2.75, 3.05) is 0 Å². The molecule has 3 unspecified atom stereocenters. The number of carbonyl (C=O) groups excluding carboxylic acids is 2. The molecule has 0 amide bonds. The van der Waals surface area contributed by atoms with Crippen molar-refractivity contribution in [2.45, 2.75) is 43.6 Å². The number of benzene rings is 2. The molecule has 3 atom stereocenters. The minimum atomic E-state index is -1.54. The standard InChI is InChI=1S/C22H22O4/c1-2-21-13-20(25)22(26,14-6-4-3-5-7-14)12-15(21)10-19(24)17-11-16(23)8-9-18(17)21/h3-9,11,15,23,26H,2,10,12-13H2,1H3. The summed E-state index contributed by atoms with van der Waals surface area (Å²) in [6, 6.07) is 13.9. The Balaban J connectivity index is 1.84. The molecule has 2 aliphatic carbocycles. The summed E-state index contributed by atoms with van der Waals surface area (Å²) in [5, 5.41) is 21.0. The summed E-state index contributed by atoms with van der Waals surface area (Å²) in [4.78, 5) is 25.8. The van der Waals surface area contributed by atoms with Gasteiger partial charge in [-0.25, -0.2) is 0 Å². The molecule has 4 nitrogen and oxygen atoms in total. The smallest absolute Gasteiger partial charge is 0.169 e. The van der Waals surface area contributed by atoms with E-state index >= 15 is 0 Å². The van der Waals surface area contributed by atoms with Gasteiger partial charge in [-0.3, -0.25) is 9.59 Å². The van der Waals surface area contributed by atoms with Gasteiger partial charge in [-0.05, 0) is 42.0 Å². The van der Waals surface area contributed by atoms with Crippen molar-refractivity contribution in [2.24, 2.45) is 5.92 Å². The van der Waals surface area contributed by atoms with Crippen molar-refractivity contribution in [3.05, 3.63) is 65.2 Å². The van der Waals surface area contributed by atoms with Gasteiger partial charge >= 0.3 is 0 Å². The first-order chi connectivity index (χ1) is 12.4. The quantitative estimate of drug-likeness (QED) is 0.869. The van der Waals surface area contributed by atoms with Gasteiger partial charge in [-0.15, -0.1) is 0 Å². The summed E-state index contributed by atoms with van der Waals surface area (Å²) in [6.07, 6.45) is 1.44. The molecule has 4 rings (SSSR count). The highest BCUT2D eigenvalue weighted by atomic mass is 16.3. The monoisotopic (exact) mass is 350 g/mol. The maximum Gasteiger partial charge on any atom is 0.169 e. The van der Waals surface area contributed by atoms with Crippen LogP contribution in [-0.2, 0) is 15.8 Å². The molecule has 0 aliphatic heterocycles. The van der Waals surface area contributed by atoms with Gasteiger partial charge < -0.3 is 10.2 Å². The second-order valence-electron chi connectivity index (χ2n) is 7.59. The van der Waals surface area contributed by atoms with Gasteiger partial charge in [0.15, 0.2) is 11.6 Å². The van der Waals surface area contributed by atoms with Crippen LogP contribution in [0.2, 0.25) is 0 Å².